The maximum absolute atomic E-state index is 13.0. The summed E-state index contributed by atoms with van der Waals surface area (Å²) in [6.07, 6.45) is 4.65. The van der Waals surface area contributed by atoms with Gasteiger partial charge in [-0.15, -0.1) is 0 Å². The highest BCUT2D eigenvalue weighted by atomic mass is 32.2. The Morgan fingerprint density at radius 1 is 1.17 bits per heavy atom. The third-order valence-electron chi connectivity index (χ3n) is 4.29. The quantitative estimate of drug-likeness (QED) is 0.905. The second-order valence-electron chi connectivity index (χ2n) is 6.21. The summed E-state index contributed by atoms with van der Waals surface area (Å²) >= 11 is 0. The lowest BCUT2D eigenvalue weighted by atomic mass is 10.1. The molecule has 1 aliphatic rings. The van der Waals surface area contributed by atoms with E-state index in [1.807, 2.05) is 34.0 Å². The standard InChI is InChI=1S/C16H20N2O2S.C2H7N/c1-12-6-3-4-11-18(12)21(19,20)16-8-5-7-14-13(2)17-10-9-15(14)16;1-3-2/h5,7-10,12H,3-4,6,11H2,1-2H3;3H,1-2H3. The van der Waals surface area contributed by atoms with Gasteiger partial charge in [-0.1, -0.05) is 18.6 Å². The molecule has 2 aromatic rings. The number of sulfonamides is 1. The number of hydrogen-bond acceptors (Lipinski definition) is 4. The van der Waals surface area contributed by atoms with Gasteiger partial charge in [-0.3, -0.25) is 4.98 Å². The summed E-state index contributed by atoms with van der Waals surface area (Å²) < 4.78 is 27.7. The SMILES string of the molecule is CNC.Cc1nccc2c(S(=O)(=O)N3CCCCC3C)cccc12. The van der Waals surface area contributed by atoms with Crippen LogP contribution >= 0.6 is 0 Å². The van der Waals surface area contributed by atoms with E-state index in [1.54, 1.807) is 28.7 Å². The van der Waals surface area contributed by atoms with Crippen LogP contribution in [0.2, 0.25) is 0 Å². The van der Waals surface area contributed by atoms with Crippen LogP contribution in [-0.4, -0.2) is 44.4 Å². The number of aromatic nitrogens is 1. The minimum Gasteiger partial charge on any atom is -0.323 e. The van der Waals surface area contributed by atoms with Crippen molar-refractivity contribution in [3.63, 3.8) is 0 Å². The van der Waals surface area contributed by atoms with Crippen LogP contribution in [0.5, 0.6) is 0 Å². The molecule has 0 saturated carbocycles. The summed E-state index contributed by atoms with van der Waals surface area (Å²) in [5, 5.41) is 4.42. The fourth-order valence-corrected chi connectivity index (χ4v) is 5.01. The highest BCUT2D eigenvalue weighted by molar-refractivity contribution is 7.89. The number of fused-ring (bicyclic) bond motifs is 1. The molecule has 5 nitrogen and oxygen atoms in total. The summed E-state index contributed by atoms with van der Waals surface area (Å²) in [5.74, 6) is 0. The number of rotatable bonds is 2. The summed E-state index contributed by atoms with van der Waals surface area (Å²) in [4.78, 5) is 4.65. The van der Waals surface area contributed by atoms with Crippen molar-refractivity contribution in [1.82, 2.24) is 14.6 Å². The molecule has 1 aromatic heterocycles. The lowest BCUT2D eigenvalue weighted by Gasteiger charge is -2.32. The summed E-state index contributed by atoms with van der Waals surface area (Å²) in [6.45, 7) is 4.51. The summed E-state index contributed by atoms with van der Waals surface area (Å²) in [5.41, 5.74) is 0.858. The molecule has 1 aromatic carbocycles. The Bertz CT molecular complexity index is 790. The van der Waals surface area contributed by atoms with E-state index in [2.05, 4.69) is 10.3 Å². The number of nitrogens with zero attached hydrogens (tertiary/aromatic N) is 2. The molecule has 3 rings (SSSR count). The summed E-state index contributed by atoms with van der Waals surface area (Å²) in [6, 6.07) is 7.30. The Hall–Kier alpha value is -1.50. The Morgan fingerprint density at radius 2 is 1.88 bits per heavy atom. The maximum atomic E-state index is 13.0. The lowest BCUT2D eigenvalue weighted by molar-refractivity contribution is 0.269. The van der Waals surface area contributed by atoms with Crippen LogP contribution in [0.25, 0.3) is 10.8 Å². The smallest absolute Gasteiger partial charge is 0.243 e. The lowest BCUT2D eigenvalue weighted by Crippen LogP contribution is -2.41. The van der Waals surface area contributed by atoms with Crippen molar-refractivity contribution < 1.29 is 8.42 Å². The number of aryl methyl sites for hydroxylation is 1. The van der Waals surface area contributed by atoms with Gasteiger partial charge in [-0.25, -0.2) is 8.42 Å². The molecular formula is C18H27N3O2S. The molecule has 2 heterocycles. The molecule has 1 unspecified atom stereocenters. The zero-order chi connectivity index (χ0) is 17.7. The first-order valence-corrected chi connectivity index (χ1v) is 9.82. The number of pyridine rings is 1. The van der Waals surface area contributed by atoms with Crippen LogP contribution in [0.1, 0.15) is 31.9 Å². The minimum absolute atomic E-state index is 0.0712. The molecule has 1 aliphatic heterocycles. The van der Waals surface area contributed by atoms with Crippen LogP contribution in [0.4, 0.5) is 0 Å². The van der Waals surface area contributed by atoms with Crippen LogP contribution in [0.15, 0.2) is 35.4 Å². The topological polar surface area (TPSA) is 62.3 Å². The molecule has 24 heavy (non-hydrogen) atoms. The third kappa shape index (κ3) is 3.77. The first-order valence-electron chi connectivity index (χ1n) is 8.38. The van der Waals surface area contributed by atoms with Gasteiger partial charge in [0.05, 0.1) is 4.90 Å². The Labute approximate surface area is 145 Å². The molecule has 0 amide bonds. The van der Waals surface area contributed by atoms with Crippen molar-refractivity contribution in [3.05, 3.63) is 36.2 Å². The Morgan fingerprint density at radius 3 is 2.54 bits per heavy atom. The van der Waals surface area contributed by atoms with Crippen molar-refractivity contribution in [1.29, 1.82) is 0 Å². The van der Waals surface area contributed by atoms with Crippen molar-refractivity contribution >= 4 is 20.8 Å². The molecule has 1 fully saturated rings. The highest BCUT2D eigenvalue weighted by Crippen LogP contribution is 2.30. The van der Waals surface area contributed by atoms with Crippen LogP contribution < -0.4 is 5.32 Å². The summed E-state index contributed by atoms with van der Waals surface area (Å²) in [7, 11) is 0.301. The largest absolute Gasteiger partial charge is 0.323 e. The van der Waals surface area contributed by atoms with E-state index in [9.17, 15) is 8.42 Å². The molecule has 1 saturated heterocycles. The van der Waals surface area contributed by atoms with Gasteiger partial charge in [0, 0.05) is 35.2 Å². The van der Waals surface area contributed by atoms with Gasteiger partial charge in [0.2, 0.25) is 10.0 Å². The Balaban J connectivity index is 0.000000647. The second-order valence-corrected chi connectivity index (χ2v) is 8.07. The van der Waals surface area contributed by atoms with Crippen molar-refractivity contribution in [2.45, 2.75) is 44.0 Å². The monoisotopic (exact) mass is 349 g/mol. The fraction of sp³-hybridized carbons (Fsp3) is 0.500. The second kappa shape index (κ2) is 8.05. The predicted molar refractivity (Wildman–Crippen MR) is 98.7 cm³/mol. The molecule has 6 heteroatoms. The number of benzene rings is 1. The predicted octanol–water partition coefficient (Wildman–Crippen LogP) is 2.94. The molecule has 0 bridgehead atoms. The zero-order valence-corrected chi connectivity index (χ0v) is 15.7. The average molecular weight is 350 g/mol. The van der Waals surface area contributed by atoms with Gasteiger partial charge >= 0.3 is 0 Å². The molecule has 1 N–H and O–H groups in total. The van der Waals surface area contributed by atoms with Gasteiger partial charge in [0.25, 0.3) is 0 Å². The van der Waals surface area contributed by atoms with Crippen LogP contribution in [0.3, 0.4) is 0 Å². The maximum Gasteiger partial charge on any atom is 0.243 e. The van der Waals surface area contributed by atoms with E-state index in [1.165, 1.54) is 0 Å². The normalized spacial score (nSPS) is 18.9. The van der Waals surface area contributed by atoms with E-state index < -0.39 is 10.0 Å². The molecule has 0 spiro atoms. The number of nitrogens with one attached hydrogen (secondary N) is 1. The zero-order valence-electron chi connectivity index (χ0n) is 14.9. The fourth-order valence-electron chi connectivity index (χ4n) is 3.10. The van der Waals surface area contributed by atoms with Crippen LogP contribution in [0, 0.1) is 6.92 Å². The van der Waals surface area contributed by atoms with Crippen molar-refractivity contribution in [3.8, 4) is 0 Å². The highest BCUT2D eigenvalue weighted by Gasteiger charge is 2.32. The molecule has 0 radical (unpaired) electrons. The van der Waals surface area contributed by atoms with E-state index >= 15 is 0 Å². The van der Waals surface area contributed by atoms with Gasteiger partial charge in [0.15, 0.2) is 0 Å². The molecular weight excluding hydrogens is 322 g/mol. The van der Waals surface area contributed by atoms with Crippen molar-refractivity contribution in [2.75, 3.05) is 20.6 Å². The van der Waals surface area contributed by atoms with Gasteiger partial charge in [-0.2, -0.15) is 4.31 Å². The minimum atomic E-state index is -3.45. The first-order chi connectivity index (χ1) is 11.4. The number of hydrogen-bond donors (Lipinski definition) is 1. The molecule has 0 aliphatic carbocycles. The van der Waals surface area contributed by atoms with Gasteiger partial charge in [-0.05, 0) is 52.9 Å². The molecule has 132 valence electrons. The van der Waals surface area contributed by atoms with E-state index in [0.717, 1.165) is 35.7 Å². The number of piperidine rings is 1. The average Bonchev–Trinajstić information content (AvgIpc) is 2.56. The third-order valence-corrected chi connectivity index (χ3v) is 6.37. The van der Waals surface area contributed by atoms with Crippen LogP contribution in [-0.2, 0) is 10.0 Å². The van der Waals surface area contributed by atoms with Crippen molar-refractivity contribution in [2.24, 2.45) is 0 Å². The first kappa shape index (κ1) is 18.8. The molecule has 1 atom stereocenters. The van der Waals surface area contributed by atoms with Gasteiger partial charge < -0.3 is 5.32 Å². The van der Waals surface area contributed by atoms with E-state index in [-0.39, 0.29) is 6.04 Å². The van der Waals surface area contributed by atoms with Gasteiger partial charge in [0.1, 0.15) is 0 Å². The Kier molecular flexibility index (Phi) is 6.32. The van der Waals surface area contributed by atoms with E-state index in [0.29, 0.717) is 11.4 Å². The van der Waals surface area contributed by atoms with E-state index in [4.69, 9.17) is 0 Å².